The van der Waals surface area contributed by atoms with Gasteiger partial charge in [-0.1, -0.05) is 0 Å². The lowest BCUT2D eigenvalue weighted by molar-refractivity contribution is 0.188. The van der Waals surface area contributed by atoms with Crippen molar-refractivity contribution in [1.29, 1.82) is 0 Å². The van der Waals surface area contributed by atoms with Crippen LogP contribution in [0.1, 0.15) is 12.2 Å². The molecule has 0 aliphatic rings. The molecule has 0 bridgehead atoms. The van der Waals surface area contributed by atoms with Gasteiger partial charge in [-0.25, -0.2) is 0 Å². The number of aliphatic hydroxyl groups excluding tert-OH is 1. The van der Waals surface area contributed by atoms with Crippen molar-refractivity contribution in [1.82, 2.24) is 14.8 Å². The van der Waals surface area contributed by atoms with Gasteiger partial charge >= 0.3 is 0 Å². The zero-order valence-corrected chi connectivity index (χ0v) is 7.10. The Morgan fingerprint density at radius 1 is 1.67 bits per heavy atom. The first-order valence-electron chi connectivity index (χ1n) is 3.85. The molecule has 1 heterocycles. The Bertz CT molecular complexity index is 224. The molecule has 0 saturated heterocycles. The van der Waals surface area contributed by atoms with E-state index in [1.165, 1.54) is 0 Å². The first kappa shape index (κ1) is 9.15. The molecule has 12 heavy (non-hydrogen) atoms. The number of rotatable bonds is 5. The van der Waals surface area contributed by atoms with Gasteiger partial charge in [0.1, 0.15) is 12.9 Å². The van der Waals surface area contributed by atoms with Gasteiger partial charge in [-0.3, -0.25) is 0 Å². The average molecular weight is 171 g/mol. The van der Waals surface area contributed by atoms with Crippen molar-refractivity contribution in [2.24, 2.45) is 0 Å². The second-order valence-electron chi connectivity index (χ2n) is 2.45. The van der Waals surface area contributed by atoms with Gasteiger partial charge in [0.15, 0.2) is 5.82 Å². The van der Waals surface area contributed by atoms with Gasteiger partial charge in [0, 0.05) is 20.3 Å². The molecule has 0 fully saturated rings. The molecule has 5 nitrogen and oxygen atoms in total. The molecule has 1 aromatic rings. The van der Waals surface area contributed by atoms with Crippen LogP contribution in [0.5, 0.6) is 0 Å². The van der Waals surface area contributed by atoms with Crippen molar-refractivity contribution in [2.75, 3.05) is 13.7 Å². The molecular formula is C7H13N3O2. The van der Waals surface area contributed by atoms with E-state index in [9.17, 15) is 0 Å². The van der Waals surface area contributed by atoms with E-state index in [2.05, 4.69) is 10.2 Å². The number of aliphatic hydroxyl groups is 1. The van der Waals surface area contributed by atoms with Crippen molar-refractivity contribution in [2.45, 2.75) is 19.6 Å². The van der Waals surface area contributed by atoms with Crippen LogP contribution >= 0.6 is 0 Å². The molecule has 0 aliphatic heterocycles. The Morgan fingerprint density at radius 2 is 2.50 bits per heavy atom. The molecule has 0 amide bonds. The predicted molar refractivity (Wildman–Crippen MR) is 42.4 cm³/mol. The van der Waals surface area contributed by atoms with Crippen molar-refractivity contribution >= 4 is 0 Å². The Balaban J connectivity index is 2.39. The van der Waals surface area contributed by atoms with Crippen molar-refractivity contribution in [3.05, 3.63) is 12.2 Å². The molecule has 0 radical (unpaired) electrons. The summed E-state index contributed by atoms with van der Waals surface area (Å²) >= 11 is 0. The van der Waals surface area contributed by atoms with Crippen LogP contribution in [0.25, 0.3) is 0 Å². The van der Waals surface area contributed by atoms with E-state index >= 15 is 0 Å². The minimum absolute atomic E-state index is 0.0625. The highest BCUT2D eigenvalue weighted by atomic mass is 16.5. The molecule has 0 spiro atoms. The van der Waals surface area contributed by atoms with Crippen LogP contribution in [-0.4, -0.2) is 33.6 Å². The third-order valence-corrected chi connectivity index (χ3v) is 1.58. The van der Waals surface area contributed by atoms with Crippen LogP contribution in [0.4, 0.5) is 0 Å². The highest BCUT2D eigenvalue weighted by Crippen LogP contribution is 1.96. The monoisotopic (exact) mass is 171 g/mol. The molecule has 68 valence electrons. The zero-order chi connectivity index (χ0) is 8.81. The third-order valence-electron chi connectivity index (χ3n) is 1.58. The second kappa shape index (κ2) is 4.84. The number of hydrogen-bond acceptors (Lipinski definition) is 4. The Kier molecular flexibility index (Phi) is 3.69. The summed E-state index contributed by atoms with van der Waals surface area (Å²) in [5.74, 6) is 0.603. The van der Waals surface area contributed by atoms with Gasteiger partial charge in [0.25, 0.3) is 0 Å². The first-order chi connectivity index (χ1) is 5.88. The van der Waals surface area contributed by atoms with Gasteiger partial charge in [0.2, 0.25) is 0 Å². The zero-order valence-electron chi connectivity index (χ0n) is 7.10. The van der Waals surface area contributed by atoms with E-state index in [-0.39, 0.29) is 6.61 Å². The van der Waals surface area contributed by atoms with Crippen molar-refractivity contribution in [3.8, 4) is 0 Å². The number of nitrogens with zero attached hydrogens (tertiary/aromatic N) is 3. The summed E-state index contributed by atoms with van der Waals surface area (Å²) in [7, 11) is 1.67. The van der Waals surface area contributed by atoms with Crippen LogP contribution in [0, 0.1) is 0 Å². The highest BCUT2D eigenvalue weighted by molar-refractivity contribution is 4.81. The molecule has 0 aliphatic carbocycles. The Morgan fingerprint density at radius 3 is 3.17 bits per heavy atom. The van der Waals surface area contributed by atoms with Gasteiger partial charge in [-0.2, -0.15) is 0 Å². The van der Waals surface area contributed by atoms with Crippen LogP contribution in [0.2, 0.25) is 0 Å². The lowest BCUT2D eigenvalue weighted by Gasteiger charge is -2.02. The summed E-state index contributed by atoms with van der Waals surface area (Å²) in [5.41, 5.74) is 0. The molecule has 5 heteroatoms. The topological polar surface area (TPSA) is 60.2 Å². The van der Waals surface area contributed by atoms with Crippen LogP contribution < -0.4 is 0 Å². The van der Waals surface area contributed by atoms with E-state index in [1.54, 1.807) is 13.4 Å². The number of methoxy groups -OCH3 is 1. The largest absolute Gasteiger partial charge is 0.388 e. The van der Waals surface area contributed by atoms with E-state index in [0.717, 1.165) is 13.0 Å². The lowest BCUT2D eigenvalue weighted by atomic mass is 10.4. The average Bonchev–Trinajstić information content (AvgIpc) is 2.52. The van der Waals surface area contributed by atoms with Crippen molar-refractivity contribution < 1.29 is 9.84 Å². The molecular weight excluding hydrogens is 158 g/mol. The highest BCUT2D eigenvalue weighted by Gasteiger charge is 2.00. The van der Waals surface area contributed by atoms with Gasteiger partial charge < -0.3 is 14.4 Å². The Hall–Kier alpha value is -0.940. The molecule has 0 aromatic carbocycles. The quantitative estimate of drug-likeness (QED) is 0.624. The summed E-state index contributed by atoms with van der Waals surface area (Å²) < 4.78 is 6.72. The maximum atomic E-state index is 8.81. The molecule has 1 aromatic heterocycles. The van der Waals surface area contributed by atoms with Crippen molar-refractivity contribution in [3.63, 3.8) is 0 Å². The van der Waals surface area contributed by atoms with Gasteiger partial charge in [-0.05, 0) is 6.42 Å². The third kappa shape index (κ3) is 2.28. The molecule has 0 atom stereocenters. The minimum atomic E-state index is -0.0625. The summed E-state index contributed by atoms with van der Waals surface area (Å²) in [4.78, 5) is 0. The smallest absolute Gasteiger partial charge is 0.158 e. The number of ether oxygens (including phenoxy) is 1. The Labute approximate surface area is 71.0 Å². The van der Waals surface area contributed by atoms with Crippen LogP contribution in [0.3, 0.4) is 0 Å². The second-order valence-corrected chi connectivity index (χ2v) is 2.45. The minimum Gasteiger partial charge on any atom is -0.388 e. The number of aryl methyl sites for hydroxylation is 1. The van der Waals surface area contributed by atoms with Gasteiger partial charge in [-0.15, -0.1) is 10.2 Å². The SMILES string of the molecule is COCCCn1cnnc1CO. The predicted octanol–water partition coefficient (Wildman–Crippen LogP) is -0.193. The molecule has 0 unspecified atom stereocenters. The number of hydrogen-bond donors (Lipinski definition) is 1. The lowest BCUT2D eigenvalue weighted by Crippen LogP contribution is -2.04. The van der Waals surface area contributed by atoms with E-state index < -0.39 is 0 Å². The van der Waals surface area contributed by atoms with Crippen LogP contribution in [0.15, 0.2) is 6.33 Å². The summed E-state index contributed by atoms with van der Waals surface area (Å²) in [6, 6.07) is 0. The maximum Gasteiger partial charge on any atom is 0.158 e. The van der Waals surface area contributed by atoms with Crippen LogP contribution in [-0.2, 0) is 17.9 Å². The van der Waals surface area contributed by atoms with E-state index in [4.69, 9.17) is 9.84 Å². The summed E-state index contributed by atoms with van der Waals surface area (Å²) in [6.45, 7) is 1.44. The van der Waals surface area contributed by atoms with Gasteiger partial charge in [0.05, 0.1) is 0 Å². The molecule has 1 rings (SSSR count). The molecule has 0 saturated carbocycles. The normalized spacial score (nSPS) is 10.5. The first-order valence-corrected chi connectivity index (χ1v) is 3.85. The van der Waals surface area contributed by atoms with E-state index in [1.807, 2.05) is 4.57 Å². The number of aromatic nitrogens is 3. The fourth-order valence-electron chi connectivity index (χ4n) is 0.967. The fraction of sp³-hybridized carbons (Fsp3) is 0.714. The fourth-order valence-corrected chi connectivity index (χ4v) is 0.967. The maximum absolute atomic E-state index is 8.81. The molecule has 1 N–H and O–H groups in total. The summed E-state index contributed by atoms with van der Waals surface area (Å²) in [6.07, 6.45) is 2.52. The standard InChI is InChI=1S/C7H13N3O2/c1-12-4-2-3-10-6-8-9-7(10)5-11/h6,11H,2-5H2,1H3. The summed E-state index contributed by atoms with van der Waals surface area (Å²) in [5, 5.41) is 16.2. The van der Waals surface area contributed by atoms with E-state index in [0.29, 0.717) is 12.4 Å².